The second kappa shape index (κ2) is 6.53. The Labute approximate surface area is 120 Å². The minimum atomic E-state index is -3.67. The van der Waals surface area contributed by atoms with E-state index in [2.05, 4.69) is 0 Å². The Morgan fingerprint density at radius 2 is 1.85 bits per heavy atom. The molecule has 0 aromatic heterocycles. The lowest BCUT2D eigenvalue weighted by atomic mass is 10.1. The van der Waals surface area contributed by atoms with E-state index in [9.17, 15) is 13.5 Å². The average Bonchev–Trinajstić information content (AvgIpc) is 2.38. The van der Waals surface area contributed by atoms with Gasteiger partial charge in [-0.2, -0.15) is 0 Å². The van der Waals surface area contributed by atoms with E-state index in [0.717, 1.165) is 0 Å². The van der Waals surface area contributed by atoms with Crippen LogP contribution in [0.15, 0.2) is 29.2 Å². The summed E-state index contributed by atoms with van der Waals surface area (Å²) in [5.41, 5.74) is -0.305. The lowest BCUT2D eigenvalue weighted by Crippen LogP contribution is -2.45. The van der Waals surface area contributed by atoms with Crippen molar-refractivity contribution in [2.24, 2.45) is 5.14 Å². The van der Waals surface area contributed by atoms with Gasteiger partial charge < -0.3 is 9.84 Å². The summed E-state index contributed by atoms with van der Waals surface area (Å²) in [6, 6.07) is 5.95. The largest absolute Gasteiger partial charge is 0.492 e. The number of aliphatic hydroxyl groups excluding tert-OH is 1. The molecule has 1 rings (SSSR count). The van der Waals surface area contributed by atoms with Crippen molar-refractivity contribution in [2.75, 3.05) is 26.8 Å². The van der Waals surface area contributed by atoms with Gasteiger partial charge in [-0.05, 0) is 45.2 Å². The smallest absolute Gasteiger partial charge is 0.238 e. The fourth-order valence-corrected chi connectivity index (χ4v) is 1.96. The molecule has 0 spiro atoms. The number of hydrogen-bond acceptors (Lipinski definition) is 5. The summed E-state index contributed by atoms with van der Waals surface area (Å²) in [4.78, 5) is 2.05. The van der Waals surface area contributed by atoms with E-state index in [-0.39, 0.29) is 17.0 Å². The number of nitrogens with zero attached hydrogens (tertiary/aromatic N) is 1. The Kier molecular flexibility index (Phi) is 5.52. The third-order valence-electron chi connectivity index (χ3n) is 3.27. The van der Waals surface area contributed by atoms with Crippen LogP contribution in [0.4, 0.5) is 0 Å². The first kappa shape index (κ1) is 16.9. The van der Waals surface area contributed by atoms with Gasteiger partial charge in [-0.1, -0.05) is 0 Å². The fourth-order valence-electron chi connectivity index (χ4n) is 1.45. The molecule has 1 aromatic carbocycles. The monoisotopic (exact) mass is 302 g/mol. The van der Waals surface area contributed by atoms with E-state index in [4.69, 9.17) is 9.88 Å². The summed E-state index contributed by atoms with van der Waals surface area (Å²) >= 11 is 0. The Morgan fingerprint density at radius 1 is 1.30 bits per heavy atom. The molecule has 6 nitrogen and oxygen atoms in total. The van der Waals surface area contributed by atoms with Gasteiger partial charge >= 0.3 is 0 Å². The fraction of sp³-hybridized carbons (Fsp3) is 0.538. The van der Waals surface area contributed by atoms with Gasteiger partial charge in [0, 0.05) is 12.1 Å². The minimum Gasteiger partial charge on any atom is -0.492 e. The van der Waals surface area contributed by atoms with Crippen LogP contribution < -0.4 is 9.88 Å². The van der Waals surface area contributed by atoms with Crippen LogP contribution in [-0.2, 0) is 10.0 Å². The molecule has 0 amide bonds. The Bertz CT molecular complexity index is 526. The molecule has 0 aliphatic rings. The molecule has 20 heavy (non-hydrogen) atoms. The molecule has 0 aliphatic carbocycles. The number of ether oxygens (including phenoxy) is 1. The molecule has 0 radical (unpaired) electrons. The zero-order chi connectivity index (χ0) is 15.4. The first-order valence-corrected chi connectivity index (χ1v) is 7.79. The topological polar surface area (TPSA) is 92.9 Å². The minimum absolute atomic E-state index is 0.0587. The van der Waals surface area contributed by atoms with Crippen molar-refractivity contribution in [3.8, 4) is 5.75 Å². The van der Waals surface area contributed by atoms with E-state index in [1.165, 1.54) is 12.1 Å². The van der Waals surface area contributed by atoms with E-state index < -0.39 is 10.0 Å². The van der Waals surface area contributed by atoms with Gasteiger partial charge in [0.05, 0.1) is 11.5 Å². The van der Waals surface area contributed by atoms with Gasteiger partial charge in [-0.25, -0.2) is 13.6 Å². The van der Waals surface area contributed by atoms with Gasteiger partial charge in [0.15, 0.2) is 0 Å². The molecule has 1 aromatic rings. The molecule has 0 saturated heterocycles. The molecule has 7 heteroatoms. The van der Waals surface area contributed by atoms with Crippen LogP contribution in [0.1, 0.15) is 13.8 Å². The number of likely N-dealkylation sites (N-methyl/N-ethyl adjacent to an activating group) is 1. The van der Waals surface area contributed by atoms with Crippen LogP contribution in [0.2, 0.25) is 0 Å². The van der Waals surface area contributed by atoms with Crippen LogP contribution in [0, 0.1) is 0 Å². The van der Waals surface area contributed by atoms with Crippen LogP contribution in [0.25, 0.3) is 0 Å². The maximum atomic E-state index is 11.1. The summed E-state index contributed by atoms with van der Waals surface area (Å²) in [5.74, 6) is 0.576. The van der Waals surface area contributed by atoms with Gasteiger partial charge in [-0.15, -0.1) is 0 Å². The van der Waals surface area contributed by atoms with Crippen molar-refractivity contribution in [1.29, 1.82) is 0 Å². The number of aliphatic hydroxyl groups is 1. The highest BCUT2D eigenvalue weighted by molar-refractivity contribution is 7.89. The van der Waals surface area contributed by atoms with Crippen molar-refractivity contribution in [1.82, 2.24) is 4.90 Å². The van der Waals surface area contributed by atoms with Crippen LogP contribution in [-0.4, -0.2) is 50.8 Å². The van der Waals surface area contributed by atoms with Gasteiger partial charge in [0.25, 0.3) is 0 Å². The van der Waals surface area contributed by atoms with E-state index in [1.54, 1.807) is 12.1 Å². The van der Waals surface area contributed by atoms with Crippen LogP contribution in [0.5, 0.6) is 5.75 Å². The van der Waals surface area contributed by atoms with Crippen molar-refractivity contribution in [2.45, 2.75) is 24.3 Å². The van der Waals surface area contributed by atoms with Gasteiger partial charge in [0.2, 0.25) is 10.0 Å². The Morgan fingerprint density at radius 3 is 2.30 bits per heavy atom. The summed E-state index contributed by atoms with van der Waals surface area (Å²) < 4.78 is 27.7. The second-order valence-electron chi connectivity index (χ2n) is 5.26. The normalized spacial score (nSPS) is 12.7. The molecule has 0 atom stereocenters. The molecule has 0 saturated carbocycles. The third-order valence-corrected chi connectivity index (χ3v) is 4.20. The number of nitrogens with two attached hydrogens (primary N) is 1. The highest BCUT2D eigenvalue weighted by Gasteiger charge is 2.21. The van der Waals surface area contributed by atoms with E-state index in [1.807, 2.05) is 25.8 Å². The van der Waals surface area contributed by atoms with Crippen molar-refractivity contribution < 1.29 is 18.3 Å². The molecule has 0 bridgehead atoms. The quantitative estimate of drug-likeness (QED) is 0.761. The average molecular weight is 302 g/mol. The lowest BCUT2D eigenvalue weighted by Gasteiger charge is -2.33. The maximum absolute atomic E-state index is 11.1. The molecule has 114 valence electrons. The summed E-state index contributed by atoms with van der Waals surface area (Å²) in [7, 11) is -1.76. The number of hydrogen-bond donors (Lipinski definition) is 2. The predicted octanol–water partition coefficient (Wildman–Crippen LogP) is 0.416. The summed E-state index contributed by atoms with van der Waals surface area (Å²) in [5, 5.41) is 14.2. The summed E-state index contributed by atoms with van der Waals surface area (Å²) in [6.45, 7) is 5.02. The van der Waals surface area contributed by atoms with Gasteiger partial charge in [0.1, 0.15) is 12.4 Å². The maximum Gasteiger partial charge on any atom is 0.238 e. The van der Waals surface area contributed by atoms with Crippen LogP contribution in [0.3, 0.4) is 0 Å². The number of rotatable bonds is 7. The molecule has 0 heterocycles. The van der Waals surface area contributed by atoms with Crippen molar-refractivity contribution >= 4 is 10.0 Å². The highest BCUT2D eigenvalue weighted by Crippen LogP contribution is 2.15. The van der Waals surface area contributed by atoms with Crippen molar-refractivity contribution in [3.63, 3.8) is 0 Å². The van der Waals surface area contributed by atoms with Gasteiger partial charge in [-0.3, -0.25) is 4.90 Å². The number of primary sulfonamides is 1. The Balaban J connectivity index is 2.51. The summed E-state index contributed by atoms with van der Waals surface area (Å²) in [6.07, 6.45) is 0. The molecular weight excluding hydrogens is 280 g/mol. The highest BCUT2D eigenvalue weighted by atomic mass is 32.2. The lowest BCUT2D eigenvalue weighted by molar-refractivity contribution is 0.0678. The number of benzene rings is 1. The molecular formula is C13H22N2O4S. The van der Waals surface area contributed by atoms with Crippen molar-refractivity contribution in [3.05, 3.63) is 24.3 Å². The first-order valence-electron chi connectivity index (χ1n) is 6.24. The van der Waals surface area contributed by atoms with E-state index >= 15 is 0 Å². The molecule has 0 fully saturated rings. The van der Waals surface area contributed by atoms with E-state index in [0.29, 0.717) is 18.9 Å². The standard InChI is InChI=1S/C13H22N2O4S/c1-13(2,10-16)15(3)8-9-19-11-4-6-12(7-5-11)20(14,17)18/h4-7,16H,8-10H2,1-3H3,(H2,14,17,18). The first-order chi connectivity index (χ1) is 9.16. The third kappa shape index (κ3) is 4.75. The van der Waals surface area contributed by atoms with Crippen LogP contribution >= 0.6 is 0 Å². The Hall–Kier alpha value is -1.15. The number of sulfonamides is 1. The predicted molar refractivity (Wildman–Crippen MR) is 77.1 cm³/mol. The molecule has 3 N–H and O–H groups in total. The molecule has 0 unspecified atom stereocenters. The SMILES string of the molecule is CN(CCOc1ccc(S(N)(=O)=O)cc1)C(C)(C)CO. The second-order valence-corrected chi connectivity index (χ2v) is 6.82. The molecule has 0 aliphatic heterocycles. The zero-order valence-corrected chi connectivity index (χ0v) is 12.9. The zero-order valence-electron chi connectivity index (χ0n) is 12.0.